The maximum absolute atomic E-state index is 11.5. The van der Waals surface area contributed by atoms with Gasteiger partial charge in [0.2, 0.25) is 0 Å². The van der Waals surface area contributed by atoms with E-state index >= 15 is 0 Å². The van der Waals surface area contributed by atoms with Gasteiger partial charge in [-0.2, -0.15) is 0 Å². The summed E-state index contributed by atoms with van der Waals surface area (Å²) in [6.45, 7) is 0. The van der Waals surface area contributed by atoms with Crippen LogP contribution in [0.1, 0.15) is 10.5 Å². The van der Waals surface area contributed by atoms with E-state index in [1.807, 2.05) is 12.1 Å². The Bertz CT molecular complexity index is 448. The van der Waals surface area contributed by atoms with Gasteiger partial charge in [0.15, 0.2) is 0 Å². The number of aromatic nitrogens is 1. The highest BCUT2D eigenvalue weighted by Crippen LogP contribution is 2.16. The second kappa shape index (κ2) is 4.31. The van der Waals surface area contributed by atoms with E-state index in [0.717, 1.165) is 4.47 Å². The van der Waals surface area contributed by atoms with Crippen molar-refractivity contribution < 1.29 is 9.53 Å². The molecule has 15 heavy (non-hydrogen) atoms. The van der Waals surface area contributed by atoms with Crippen LogP contribution in [-0.2, 0) is 0 Å². The molecule has 1 aromatic heterocycles. The van der Waals surface area contributed by atoms with Crippen LogP contribution in [0.25, 0.3) is 0 Å². The molecule has 1 aromatic carbocycles. The van der Waals surface area contributed by atoms with E-state index in [-0.39, 0.29) is 5.97 Å². The minimum atomic E-state index is -0.387. The summed E-state index contributed by atoms with van der Waals surface area (Å²) in [7, 11) is 0. The van der Waals surface area contributed by atoms with Gasteiger partial charge in [0.05, 0.1) is 0 Å². The molecule has 2 aromatic rings. The zero-order valence-electron chi connectivity index (χ0n) is 7.74. The van der Waals surface area contributed by atoms with Crippen LogP contribution in [0.4, 0.5) is 0 Å². The zero-order valence-corrected chi connectivity index (χ0v) is 9.32. The average Bonchev–Trinajstić information content (AvgIpc) is 2.74. The lowest BCUT2D eigenvalue weighted by molar-refractivity contribution is 0.0729. The number of ether oxygens (including phenoxy) is 1. The molecule has 0 aliphatic carbocycles. The fourth-order valence-electron chi connectivity index (χ4n) is 1.12. The van der Waals surface area contributed by atoms with Crippen LogP contribution >= 0.6 is 15.9 Å². The van der Waals surface area contributed by atoms with E-state index in [0.29, 0.717) is 11.4 Å². The molecule has 0 spiro atoms. The number of carbonyl (C=O) groups excluding carboxylic acids is 1. The van der Waals surface area contributed by atoms with Crippen LogP contribution in [0.15, 0.2) is 47.1 Å². The van der Waals surface area contributed by atoms with Crippen molar-refractivity contribution in [3.63, 3.8) is 0 Å². The Morgan fingerprint density at radius 2 is 1.93 bits per heavy atom. The Balaban J connectivity index is 2.09. The van der Waals surface area contributed by atoms with E-state index < -0.39 is 0 Å². The Kier molecular flexibility index (Phi) is 2.87. The smallest absolute Gasteiger partial charge is 0.360 e. The van der Waals surface area contributed by atoms with Gasteiger partial charge >= 0.3 is 5.97 Å². The number of benzene rings is 1. The van der Waals surface area contributed by atoms with E-state index in [4.69, 9.17) is 4.74 Å². The van der Waals surface area contributed by atoms with Gasteiger partial charge < -0.3 is 9.72 Å². The van der Waals surface area contributed by atoms with Crippen molar-refractivity contribution >= 4 is 21.9 Å². The monoisotopic (exact) mass is 265 g/mol. The zero-order chi connectivity index (χ0) is 10.7. The van der Waals surface area contributed by atoms with Gasteiger partial charge in [-0.05, 0) is 36.4 Å². The third-order valence-corrected chi connectivity index (χ3v) is 2.37. The van der Waals surface area contributed by atoms with Crippen molar-refractivity contribution in [2.75, 3.05) is 0 Å². The highest BCUT2D eigenvalue weighted by molar-refractivity contribution is 9.10. The molecule has 76 valence electrons. The van der Waals surface area contributed by atoms with Crippen molar-refractivity contribution in [2.45, 2.75) is 0 Å². The molecule has 0 fully saturated rings. The van der Waals surface area contributed by atoms with Crippen LogP contribution in [-0.4, -0.2) is 11.0 Å². The molecule has 0 bridgehead atoms. The van der Waals surface area contributed by atoms with Gasteiger partial charge in [-0.3, -0.25) is 0 Å². The summed E-state index contributed by atoms with van der Waals surface area (Å²) >= 11 is 3.30. The SMILES string of the molecule is O=C(Oc1ccc(Br)cc1)c1ccc[nH]1. The third-order valence-electron chi connectivity index (χ3n) is 1.84. The van der Waals surface area contributed by atoms with Gasteiger partial charge in [0, 0.05) is 10.7 Å². The Hall–Kier alpha value is -1.55. The van der Waals surface area contributed by atoms with E-state index in [1.165, 1.54) is 0 Å². The maximum atomic E-state index is 11.5. The molecule has 0 aliphatic heterocycles. The number of hydrogen-bond donors (Lipinski definition) is 1. The summed E-state index contributed by atoms with van der Waals surface area (Å²) in [5.74, 6) is 0.139. The minimum Gasteiger partial charge on any atom is -0.422 e. The largest absolute Gasteiger partial charge is 0.422 e. The van der Waals surface area contributed by atoms with Gasteiger partial charge in [-0.25, -0.2) is 4.79 Å². The summed E-state index contributed by atoms with van der Waals surface area (Å²) in [6.07, 6.45) is 1.68. The van der Waals surface area contributed by atoms with Crippen LogP contribution in [0.2, 0.25) is 0 Å². The molecule has 2 rings (SSSR count). The normalized spacial score (nSPS) is 9.93. The molecule has 0 unspecified atom stereocenters. The second-order valence-corrected chi connectivity index (χ2v) is 3.84. The molecular weight excluding hydrogens is 258 g/mol. The second-order valence-electron chi connectivity index (χ2n) is 2.93. The fraction of sp³-hybridized carbons (Fsp3) is 0. The molecule has 1 N–H and O–H groups in total. The number of nitrogens with one attached hydrogen (secondary N) is 1. The first kappa shape index (κ1) is 9.98. The van der Waals surface area contributed by atoms with Crippen molar-refractivity contribution in [3.05, 3.63) is 52.8 Å². The van der Waals surface area contributed by atoms with Gasteiger partial charge in [-0.1, -0.05) is 15.9 Å². The molecule has 1 heterocycles. The van der Waals surface area contributed by atoms with E-state index in [1.54, 1.807) is 30.5 Å². The maximum Gasteiger partial charge on any atom is 0.360 e. The topological polar surface area (TPSA) is 42.1 Å². The first-order chi connectivity index (χ1) is 7.25. The van der Waals surface area contributed by atoms with E-state index in [9.17, 15) is 4.79 Å². The van der Waals surface area contributed by atoms with Crippen molar-refractivity contribution in [2.24, 2.45) is 0 Å². The molecular formula is C11H8BrNO2. The van der Waals surface area contributed by atoms with Crippen molar-refractivity contribution in [1.82, 2.24) is 4.98 Å². The summed E-state index contributed by atoms with van der Waals surface area (Å²) in [4.78, 5) is 14.3. The highest BCUT2D eigenvalue weighted by Gasteiger charge is 2.08. The summed E-state index contributed by atoms with van der Waals surface area (Å²) in [5, 5.41) is 0. The van der Waals surface area contributed by atoms with Crippen LogP contribution in [0.3, 0.4) is 0 Å². The molecule has 0 atom stereocenters. The lowest BCUT2D eigenvalue weighted by Gasteiger charge is -2.02. The van der Waals surface area contributed by atoms with Gasteiger partial charge in [-0.15, -0.1) is 0 Å². The summed E-state index contributed by atoms with van der Waals surface area (Å²) in [6, 6.07) is 10.5. The number of rotatable bonds is 2. The molecule has 0 amide bonds. The molecule has 0 saturated heterocycles. The van der Waals surface area contributed by atoms with E-state index in [2.05, 4.69) is 20.9 Å². The molecule has 4 heteroatoms. The lowest BCUT2D eigenvalue weighted by Crippen LogP contribution is -2.08. The third kappa shape index (κ3) is 2.47. The number of hydrogen-bond acceptors (Lipinski definition) is 2. The quantitative estimate of drug-likeness (QED) is 0.670. The summed E-state index contributed by atoms with van der Waals surface area (Å²) in [5.41, 5.74) is 0.443. The lowest BCUT2D eigenvalue weighted by atomic mass is 10.3. The summed E-state index contributed by atoms with van der Waals surface area (Å²) < 4.78 is 6.07. The van der Waals surface area contributed by atoms with Crippen molar-refractivity contribution in [1.29, 1.82) is 0 Å². The molecule has 0 radical (unpaired) electrons. The molecule has 0 aliphatic rings. The van der Waals surface area contributed by atoms with Crippen LogP contribution < -0.4 is 4.74 Å². The number of carbonyl (C=O) groups is 1. The first-order valence-electron chi connectivity index (χ1n) is 4.37. The van der Waals surface area contributed by atoms with Crippen LogP contribution in [0, 0.1) is 0 Å². The number of esters is 1. The van der Waals surface area contributed by atoms with Gasteiger partial charge in [0.1, 0.15) is 11.4 Å². The molecule has 0 saturated carbocycles. The number of aromatic amines is 1. The Labute approximate surface area is 95.2 Å². The average molecular weight is 266 g/mol. The Morgan fingerprint density at radius 3 is 2.53 bits per heavy atom. The van der Waals surface area contributed by atoms with Gasteiger partial charge in [0.25, 0.3) is 0 Å². The number of halogens is 1. The van der Waals surface area contributed by atoms with Crippen molar-refractivity contribution in [3.8, 4) is 5.75 Å². The first-order valence-corrected chi connectivity index (χ1v) is 5.16. The molecule has 3 nitrogen and oxygen atoms in total. The highest BCUT2D eigenvalue weighted by atomic mass is 79.9. The predicted molar refractivity (Wildman–Crippen MR) is 59.9 cm³/mol. The standard InChI is InChI=1S/C11H8BrNO2/c12-8-3-5-9(6-4-8)15-11(14)10-2-1-7-13-10/h1-7,13H. The Morgan fingerprint density at radius 1 is 1.20 bits per heavy atom. The van der Waals surface area contributed by atoms with Crippen LogP contribution in [0.5, 0.6) is 5.75 Å². The fourth-order valence-corrected chi connectivity index (χ4v) is 1.39. The minimum absolute atomic E-state index is 0.387. The number of H-pyrrole nitrogens is 1. The predicted octanol–water partition coefficient (Wildman–Crippen LogP) is 3.00.